The van der Waals surface area contributed by atoms with Crippen LogP contribution in [0, 0.1) is 51.9 Å². The van der Waals surface area contributed by atoms with Crippen LogP contribution in [0.3, 0.4) is 0 Å². The maximum absolute atomic E-state index is 4.11. The van der Waals surface area contributed by atoms with Crippen LogP contribution in [0.5, 0.6) is 0 Å². The molecule has 2 rings (SSSR count). The minimum absolute atomic E-state index is 0. The first-order valence-corrected chi connectivity index (χ1v) is 6.58. The van der Waals surface area contributed by atoms with Crippen LogP contribution in [-0.2, 0) is 0 Å². The second-order valence-electron chi connectivity index (χ2n) is 3.79. The zero-order valence-electron chi connectivity index (χ0n) is 14.7. The average molecular weight is 503 g/mol. The van der Waals surface area contributed by atoms with Crippen LogP contribution < -0.4 is 5.32 Å². The standard InChI is InChI=1S/C10H16N2.2C2H6.2CH3.B.U/c1-7-9-5-4-6-10(9)11-8(2)12(7)3;2*1-2;;;;/h9-11H,1-2,4-6H2,3H3;2*1-2H3;2*1H3;;/q;;;2*-1;;+2. The van der Waals surface area contributed by atoms with Crippen LogP contribution >= 0.6 is 0 Å². The van der Waals surface area contributed by atoms with E-state index in [1.807, 2.05) is 34.7 Å². The molecule has 1 aliphatic carbocycles. The van der Waals surface area contributed by atoms with E-state index in [2.05, 4.69) is 23.4 Å². The molecule has 4 heteroatoms. The molecule has 2 nitrogen and oxygen atoms in total. The Morgan fingerprint density at radius 2 is 1.50 bits per heavy atom. The predicted octanol–water partition coefficient (Wildman–Crippen LogP) is 4.25. The second-order valence-corrected chi connectivity index (χ2v) is 3.79. The zero-order chi connectivity index (χ0) is 12.7. The summed E-state index contributed by atoms with van der Waals surface area (Å²) in [7, 11) is 2.03. The molecule has 1 N–H and O–H groups in total. The van der Waals surface area contributed by atoms with E-state index in [0.717, 1.165) is 5.82 Å². The largest absolute Gasteiger partial charge is 2.00 e. The maximum Gasteiger partial charge on any atom is 2.00 e. The second kappa shape index (κ2) is 17.2. The van der Waals surface area contributed by atoms with Gasteiger partial charge in [0.1, 0.15) is 0 Å². The third-order valence-corrected chi connectivity index (χ3v) is 3.13. The molecule has 2 unspecified atom stereocenters. The Morgan fingerprint density at radius 1 is 1.05 bits per heavy atom. The maximum atomic E-state index is 4.11. The summed E-state index contributed by atoms with van der Waals surface area (Å²) in [5.41, 5.74) is 1.24. The first kappa shape index (κ1) is 32.2. The van der Waals surface area contributed by atoms with Crippen molar-refractivity contribution in [3.05, 3.63) is 39.5 Å². The Bertz CT molecular complexity index is 245. The average Bonchev–Trinajstić information content (AvgIpc) is 2.79. The number of nitrogens with one attached hydrogen (secondary N) is 1. The fraction of sp³-hybridized carbons (Fsp3) is 0.625. The molecule has 115 valence electrons. The fourth-order valence-electron chi connectivity index (χ4n) is 2.26. The summed E-state index contributed by atoms with van der Waals surface area (Å²) < 4.78 is 0. The number of hydrogen-bond acceptors (Lipinski definition) is 2. The minimum Gasteiger partial charge on any atom is -0.369 e. The van der Waals surface area contributed by atoms with Crippen molar-refractivity contribution in [1.29, 1.82) is 0 Å². The molecule has 2 aliphatic rings. The summed E-state index contributed by atoms with van der Waals surface area (Å²) in [6.45, 7) is 16.1. The van der Waals surface area contributed by atoms with Crippen LogP contribution in [0.25, 0.3) is 0 Å². The van der Waals surface area contributed by atoms with E-state index in [0.29, 0.717) is 12.0 Å². The van der Waals surface area contributed by atoms with E-state index in [4.69, 9.17) is 0 Å². The van der Waals surface area contributed by atoms with Crippen LogP contribution in [0.15, 0.2) is 24.7 Å². The van der Waals surface area contributed by atoms with Gasteiger partial charge in [-0.2, -0.15) is 0 Å². The van der Waals surface area contributed by atoms with Gasteiger partial charge in [0, 0.05) is 33.1 Å². The van der Waals surface area contributed by atoms with E-state index >= 15 is 0 Å². The summed E-state index contributed by atoms with van der Waals surface area (Å²) in [5.74, 6) is 1.66. The van der Waals surface area contributed by atoms with Crippen LogP contribution in [0.4, 0.5) is 0 Å². The van der Waals surface area contributed by atoms with E-state index in [1.54, 1.807) is 0 Å². The summed E-state index contributed by atoms with van der Waals surface area (Å²) >= 11 is 0. The summed E-state index contributed by atoms with van der Waals surface area (Å²) in [6, 6.07) is 0.612. The van der Waals surface area contributed by atoms with Crippen LogP contribution in [0.2, 0.25) is 0 Å². The predicted molar refractivity (Wildman–Crippen MR) is 91.6 cm³/mol. The van der Waals surface area contributed by atoms with Gasteiger partial charge in [0.05, 0.1) is 5.82 Å². The van der Waals surface area contributed by atoms with Crippen molar-refractivity contribution in [2.75, 3.05) is 7.05 Å². The monoisotopic (exact) mass is 503 g/mol. The Kier molecular flexibility index (Phi) is 27.8. The van der Waals surface area contributed by atoms with Gasteiger partial charge in [-0.05, 0) is 12.8 Å². The quantitative estimate of drug-likeness (QED) is 0.393. The van der Waals surface area contributed by atoms with Crippen LogP contribution in [-0.4, -0.2) is 26.4 Å². The molecule has 2 atom stereocenters. The molecule has 0 amide bonds. The van der Waals surface area contributed by atoms with Crippen molar-refractivity contribution in [1.82, 2.24) is 10.2 Å². The molecule has 0 bridgehead atoms. The number of rotatable bonds is 0. The Labute approximate surface area is 154 Å². The van der Waals surface area contributed by atoms with Crippen molar-refractivity contribution in [3.8, 4) is 0 Å². The molecule has 0 spiro atoms. The molecule has 1 saturated carbocycles. The third kappa shape index (κ3) is 7.84. The number of fused-ring (bicyclic) bond motifs is 1. The van der Waals surface area contributed by atoms with E-state index in [9.17, 15) is 0 Å². The first-order valence-electron chi connectivity index (χ1n) is 6.58. The van der Waals surface area contributed by atoms with Gasteiger partial charge in [0.2, 0.25) is 0 Å². The van der Waals surface area contributed by atoms with E-state index < -0.39 is 0 Å². The van der Waals surface area contributed by atoms with Gasteiger partial charge in [-0.15, -0.1) is 0 Å². The van der Waals surface area contributed by atoms with Gasteiger partial charge < -0.3 is 25.1 Å². The van der Waals surface area contributed by atoms with E-state index in [-0.39, 0.29) is 54.4 Å². The van der Waals surface area contributed by atoms with Crippen molar-refractivity contribution in [2.24, 2.45) is 5.92 Å². The molecule has 3 radical (unpaired) electrons. The Balaban J connectivity index is -0.0000000868. The molecular weight excluding hydrogens is 469 g/mol. The molecular formula is C16H34BN2U. The van der Waals surface area contributed by atoms with Gasteiger partial charge in [0.15, 0.2) is 0 Å². The molecule has 20 heavy (non-hydrogen) atoms. The van der Waals surface area contributed by atoms with E-state index in [1.165, 1.54) is 25.0 Å². The Hall–Kier alpha value is 0.197. The number of nitrogens with zero attached hydrogens (tertiary/aromatic N) is 1. The fourth-order valence-corrected chi connectivity index (χ4v) is 2.26. The van der Waals surface area contributed by atoms with Gasteiger partial charge in [-0.3, -0.25) is 0 Å². The van der Waals surface area contributed by atoms with Gasteiger partial charge in [-0.25, -0.2) is 0 Å². The SMILES string of the molecule is C=C1NC2CCCC2C(=C)N1C.CC.CC.[B].[CH3-].[CH3-].[U+2]. The summed E-state index contributed by atoms with van der Waals surface area (Å²) in [5, 5.41) is 3.43. The topological polar surface area (TPSA) is 15.3 Å². The van der Waals surface area contributed by atoms with Gasteiger partial charge in [-0.1, -0.05) is 47.3 Å². The minimum atomic E-state index is 0. The van der Waals surface area contributed by atoms with Crippen molar-refractivity contribution in [2.45, 2.75) is 53.0 Å². The van der Waals surface area contributed by atoms with Crippen molar-refractivity contribution < 1.29 is 31.1 Å². The molecule has 0 aromatic heterocycles. The molecule has 0 aromatic carbocycles. The number of hydrogen-bond donors (Lipinski definition) is 1. The molecule has 0 aromatic rings. The van der Waals surface area contributed by atoms with Gasteiger partial charge in [0.25, 0.3) is 0 Å². The molecule has 2 fully saturated rings. The summed E-state index contributed by atoms with van der Waals surface area (Å²) in [6.07, 6.45) is 3.88. The molecule has 1 aliphatic heterocycles. The third-order valence-electron chi connectivity index (χ3n) is 3.13. The van der Waals surface area contributed by atoms with Crippen molar-refractivity contribution >= 4 is 8.41 Å². The molecule has 1 heterocycles. The molecule has 1 saturated heterocycles. The normalized spacial score (nSPS) is 21.6. The smallest absolute Gasteiger partial charge is 0.369 e. The van der Waals surface area contributed by atoms with Gasteiger partial charge >= 0.3 is 31.1 Å². The zero-order valence-corrected chi connectivity index (χ0v) is 18.9. The van der Waals surface area contributed by atoms with Crippen LogP contribution in [0.1, 0.15) is 47.0 Å². The Morgan fingerprint density at radius 3 is 1.95 bits per heavy atom. The van der Waals surface area contributed by atoms with Crippen molar-refractivity contribution in [3.63, 3.8) is 0 Å². The summed E-state index contributed by atoms with van der Waals surface area (Å²) in [4.78, 5) is 2.08. The first-order chi connectivity index (χ1) is 7.70.